The van der Waals surface area contributed by atoms with Crippen molar-refractivity contribution in [2.45, 2.75) is 45.8 Å². The number of carbonyl (C=O) groups excluding carboxylic acids is 1. The van der Waals surface area contributed by atoms with Crippen molar-refractivity contribution in [1.29, 1.82) is 0 Å². The van der Waals surface area contributed by atoms with Gasteiger partial charge in [-0.15, -0.1) is 0 Å². The Morgan fingerprint density at radius 2 is 1.52 bits per heavy atom. The molecule has 1 atom stereocenters. The van der Waals surface area contributed by atoms with E-state index in [0.29, 0.717) is 13.1 Å². The van der Waals surface area contributed by atoms with Gasteiger partial charge in [0.25, 0.3) is 0 Å². The van der Waals surface area contributed by atoms with Gasteiger partial charge in [-0.05, 0) is 48.9 Å². The van der Waals surface area contributed by atoms with E-state index in [4.69, 9.17) is 0 Å². The molecule has 0 spiro atoms. The zero-order valence-electron chi connectivity index (χ0n) is 16.1. The first-order valence-electron chi connectivity index (χ1n) is 9.67. The molecule has 2 amide bonds. The van der Waals surface area contributed by atoms with Gasteiger partial charge >= 0.3 is 6.03 Å². The molecular weight excluding hydrogens is 332 g/mol. The molecule has 4 rings (SSSR count). The zero-order valence-corrected chi connectivity index (χ0v) is 16.1. The normalized spacial score (nSPS) is 19.1. The molecule has 0 bridgehead atoms. The average molecular weight is 358 g/mol. The number of benzene rings is 2. The Kier molecular flexibility index (Phi) is 4.85. The van der Waals surface area contributed by atoms with Crippen LogP contribution < -0.4 is 0 Å². The Morgan fingerprint density at radius 3 is 2.19 bits per heavy atom. The van der Waals surface area contributed by atoms with Gasteiger partial charge in [0.2, 0.25) is 0 Å². The van der Waals surface area contributed by atoms with E-state index >= 15 is 0 Å². The lowest BCUT2D eigenvalue weighted by Crippen LogP contribution is -2.34. The van der Waals surface area contributed by atoms with Gasteiger partial charge in [0.05, 0.1) is 12.6 Å². The van der Waals surface area contributed by atoms with Crippen LogP contribution >= 0.6 is 0 Å². The van der Waals surface area contributed by atoms with Crippen LogP contribution in [0, 0.1) is 13.8 Å². The van der Waals surface area contributed by atoms with Crippen LogP contribution in [0.4, 0.5) is 4.79 Å². The van der Waals surface area contributed by atoms with Crippen LogP contribution in [0.3, 0.4) is 0 Å². The summed E-state index contributed by atoms with van der Waals surface area (Å²) < 4.78 is 0. The molecule has 1 fully saturated rings. The third kappa shape index (κ3) is 3.42. The van der Waals surface area contributed by atoms with Crippen LogP contribution in [0.25, 0.3) is 0 Å². The number of hydrogen-bond donors (Lipinski definition) is 0. The van der Waals surface area contributed by atoms with Gasteiger partial charge in [-0.3, -0.25) is 4.90 Å². The van der Waals surface area contributed by atoms with Crippen molar-refractivity contribution >= 4 is 6.03 Å². The Bertz CT molecular complexity index is 912. The van der Waals surface area contributed by atoms with E-state index in [1.165, 1.54) is 22.3 Å². The third-order valence-corrected chi connectivity index (χ3v) is 5.69. The summed E-state index contributed by atoms with van der Waals surface area (Å²) >= 11 is 0. The lowest BCUT2D eigenvalue weighted by atomic mass is 10.1. The molecule has 2 aliphatic rings. The standard InChI is InChI=1S/C24H26N2O/c1-18-10-6-8-12-20(18)16-25-22-14-4-3-5-15-23(22)26(24(25)27)17-21-13-9-7-11-19(21)2/h3-4,6-13,15,22H,5,14,16-17H2,1-2H3. The molecule has 138 valence electrons. The van der Waals surface area contributed by atoms with Crippen LogP contribution in [0.1, 0.15) is 35.1 Å². The molecule has 1 unspecified atom stereocenters. The summed E-state index contributed by atoms with van der Waals surface area (Å²) in [4.78, 5) is 17.4. The summed E-state index contributed by atoms with van der Waals surface area (Å²) in [6.07, 6.45) is 8.41. The lowest BCUT2D eigenvalue weighted by molar-refractivity contribution is 0.183. The van der Waals surface area contributed by atoms with E-state index in [0.717, 1.165) is 18.5 Å². The van der Waals surface area contributed by atoms with Gasteiger partial charge in [-0.1, -0.05) is 66.8 Å². The maximum absolute atomic E-state index is 13.4. The Labute approximate surface area is 161 Å². The number of urea groups is 1. The minimum absolute atomic E-state index is 0.119. The van der Waals surface area contributed by atoms with Gasteiger partial charge < -0.3 is 4.90 Å². The molecule has 0 saturated carbocycles. The predicted octanol–water partition coefficient (Wildman–Crippen LogP) is 5.34. The maximum atomic E-state index is 13.4. The van der Waals surface area contributed by atoms with Gasteiger partial charge in [0.1, 0.15) is 0 Å². The van der Waals surface area contributed by atoms with Crippen LogP contribution in [0.5, 0.6) is 0 Å². The number of hydrogen-bond acceptors (Lipinski definition) is 1. The van der Waals surface area contributed by atoms with Crippen molar-refractivity contribution in [3.8, 4) is 0 Å². The summed E-state index contributed by atoms with van der Waals surface area (Å²) in [6.45, 7) is 5.52. The van der Waals surface area contributed by atoms with Crippen molar-refractivity contribution in [3.63, 3.8) is 0 Å². The van der Waals surface area contributed by atoms with Crippen LogP contribution in [0.2, 0.25) is 0 Å². The number of carbonyl (C=O) groups is 1. The molecule has 0 radical (unpaired) electrons. The highest BCUT2D eigenvalue weighted by Crippen LogP contribution is 2.34. The van der Waals surface area contributed by atoms with Crippen molar-refractivity contribution in [2.24, 2.45) is 0 Å². The number of nitrogens with zero attached hydrogens (tertiary/aromatic N) is 2. The first kappa shape index (κ1) is 17.6. The van der Waals surface area contributed by atoms with Crippen molar-refractivity contribution in [1.82, 2.24) is 9.80 Å². The molecule has 27 heavy (non-hydrogen) atoms. The topological polar surface area (TPSA) is 23.6 Å². The molecule has 2 aromatic carbocycles. The molecule has 3 nitrogen and oxygen atoms in total. The highest BCUT2D eigenvalue weighted by atomic mass is 16.2. The van der Waals surface area contributed by atoms with Crippen LogP contribution in [-0.4, -0.2) is 21.9 Å². The highest BCUT2D eigenvalue weighted by Gasteiger charge is 2.41. The summed E-state index contributed by atoms with van der Waals surface area (Å²) in [6, 6.07) is 16.9. The Balaban J connectivity index is 1.66. The lowest BCUT2D eigenvalue weighted by Gasteiger charge is -2.23. The fourth-order valence-corrected chi connectivity index (χ4v) is 4.01. The molecule has 1 aliphatic carbocycles. The van der Waals surface area contributed by atoms with Crippen molar-refractivity contribution in [3.05, 3.63) is 94.7 Å². The Hall–Kier alpha value is -2.81. The van der Waals surface area contributed by atoms with Gasteiger partial charge in [0, 0.05) is 12.2 Å². The molecule has 2 aromatic rings. The van der Waals surface area contributed by atoms with E-state index in [9.17, 15) is 4.79 Å². The van der Waals surface area contributed by atoms with Crippen molar-refractivity contribution in [2.75, 3.05) is 0 Å². The second-order valence-electron chi connectivity index (χ2n) is 7.44. The van der Waals surface area contributed by atoms with E-state index in [1.807, 2.05) is 15.9 Å². The number of rotatable bonds is 4. The SMILES string of the molecule is Cc1ccccc1CN1C(=O)N(Cc2ccccc2C)C2CC=CCC=C21. The third-order valence-electron chi connectivity index (χ3n) is 5.69. The van der Waals surface area contributed by atoms with Crippen LogP contribution in [-0.2, 0) is 13.1 Å². The monoisotopic (exact) mass is 358 g/mol. The number of allylic oxidation sites excluding steroid dienone is 2. The fraction of sp³-hybridized carbons (Fsp3) is 0.292. The quantitative estimate of drug-likeness (QED) is 0.676. The highest BCUT2D eigenvalue weighted by molar-refractivity contribution is 5.81. The van der Waals surface area contributed by atoms with E-state index in [-0.39, 0.29) is 12.1 Å². The molecule has 1 aliphatic heterocycles. The summed E-state index contributed by atoms with van der Waals surface area (Å²) in [5.74, 6) is 0. The van der Waals surface area contributed by atoms with Gasteiger partial charge in [-0.2, -0.15) is 0 Å². The molecular formula is C24H26N2O. The molecule has 0 aromatic heterocycles. The average Bonchev–Trinajstić information content (AvgIpc) is 2.83. The summed E-state index contributed by atoms with van der Waals surface area (Å²) in [5, 5.41) is 0. The summed E-state index contributed by atoms with van der Waals surface area (Å²) in [7, 11) is 0. The Morgan fingerprint density at radius 1 is 0.889 bits per heavy atom. The van der Waals surface area contributed by atoms with E-state index < -0.39 is 0 Å². The largest absolute Gasteiger partial charge is 0.325 e. The number of aryl methyl sites for hydroxylation is 2. The number of fused-ring (bicyclic) bond motifs is 1. The van der Waals surface area contributed by atoms with Gasteiger partial charge in [-0.25, -0.2) is 4.79 Å². The molecule has 1 heterocycles. The minimum atomic E-state index is 0.119. The molecule has 1 saturated heterocycles. The zero-order chi connectivity index (χ0) is 18.8. The fourth-order valence-electron chi connectivity index (χ4n) is 4.01. The van der Waals surface area contributed by atoms with Gasteiger partial charge in [0.15, 0.2) is 0 Å². The van der Waals surface area contributed by atoms with Crippen LogP contribution in [0.15, 0.2) is 72.5 Å². The minimum Gasteiger partial charge on any atom is -0.311 e. The van der Waals surface area contributed by atoms with E-state index in [1.54, 1.807) is 0 Å². The predicted molar refractivity (Wildman–Crippen MR) is 109 cm³/mol. The van der Waals surface area contributed by atoms with E-state index in [2.05, 4.69) is 74.5 Å². The molecule has 0 N–H and O–H groups in total. The first-order chi connectivity index (χ1) is 13.1. The second-order valence-corrected chi connectivity index (χ2v) is 7.44. The summed E-state index contributed by atoms with van der Waals surface area (Å²) in [5.41, 5.74) is 6.04. The second kappa shape index (κ2) is 7.43. The number of amides is 2. The molecule has 3 heteroatoms. The smallest absolute Gasteiger partial charge is 0.311 e. The van der Waals surface area contributed by atoms with Crippen molar-refractivity contribution < 1.29 is 4.79 Å². The first-order valence-corrected chi connectivity index (χ1v) is 9.67. The maximum Gasteiger partial charge on any atom is 0.325 e.